The number of hydrogen-bond acceptors (Lipinski definition) is 3. The Morgan fingerprint density at radius 3 is 2.50 bits per heavy atom. The zero-order valence-electron chi connectivity index (χ0n) is 11.6. The van der Waals surface area contributed by atoms with E-state index in [9.17, 15) is 8.42 Å². The third-order valence-electron chi connectivity index (χ3n) is 2.99. The van der Waals surface area contributed by atoms with Crippen molar-refractivity contribution >= 4 is 15.7 Å². The third-order valence-corrected chi connectivity index (χ3v) is 4.45. The van der Waals surface area contributed by atoms with Crippen LogP contribution in [0, 0.1) is 6.92 Å². The van der Waals surface area contributed by atoms with E-state index in [-0.39, 0.29) is 11.4 Å². The van der Waals surface area contributed by atoms with Crippen molar-refractivity contribution in [3.63, 3.8) is 0 Å². The molecule has 2 aromatic rings. The Balaban J connectivity index is 2.19. The van der Waals surface area contributed by atoms with Crippen LogP contribution in [0.3, 0.4) is 0 Å². The zero-order chi connectivity index (χ0) is 14.6. The summed E-state index contributed by atoms with van der Waals surface area (Å²) in [5.41, 5.74) is 2.64. The fourth-order valence-electron chi connectivity index (χ4n) is 1.99. The van der Waals surface area contributed by atoms with Crippen LogP contribution in [-0.4, -0.2) is 15.5 Å². The average molecular weight is 290 g/mol. The van der Waals surface area contributed by atoms with Crippen LogP contribution < -0.4 is 10.0 Å². The molecule has 0 spiro atoms. The zero-order valence-corrected chi connectivity index (χ0v) is 12.4. The van der Waals surface area contributed by atoms with Gasteiger partial charge in [-0.15, -0.1) is 0 Å². The van der Waals surface area contributed by atoms with E-state index < -0.39 is 10.0 Å². The lowest BCUT2D eigenvalue weighted by molar-refractivity contribution is 0.581. The summed E-state index contributed by atoms with van der Waals surface area (Å²) in [6.07, 6.45) is 0. The van der Waals surface area contributed by atoms with Crippen LogP contribution in [0.15, 0.2) is 53.4 Å². The van der Waals surface area contributed by atoms with Gasteiger partial charge in [-0.25, -0.2) is 13.1 Å². The van der Waals surface area contributed by atoms with Gasteiger partial charge in [0.15, 0.2) is 0 Å². The molecule has 0 aliphatic heterocycles. The summed E-state index contributed by atoms with van der Waals surface area (Å²) in [4.78, 5) is 0.259. The van der Waals surface area contributed by atoms with Gasteiger partial charge in [0.05, 0.1) is 5.69 Å². The molecule has 2 N–H and O–H groups in total. The molecular weight excluding hydrogens is 272 g/mol. The quantitative estimate of drug-likeness (QED) is 0.889. The Hall–Kier alpha value is -1.85. The van der Waals surface area contributed by atoms with Gasteiger partial charge in [0, 0.05) is 13.6 Å². The maximum Gasteiger partial charge on any atom is 0.242 e. The summed E-state index contributed by atoms with van der Waals surface area (Å²) in [5, 5.41) is 2.89. The molecule has 0 bridgehead atoms. The molecule has 4 nitrogen and oxygen atoms in total. The van der Waals surface area contributed by atoms with Gasteiger partial charge in [-0.2, -0.15) is 0 Å². The molecule has 2 rings (SSSR count). The van der Waals surface area contributed by atoms with Crippen molar-refractivity contribution in [3.8, 4) is 0 Å². The highest BCUT2D eigenvalue weighted by atomic mass is 32.2. The molecule has 0 unspecified atom stereocenters. The minimum Gasteiger partial charge on any atom is -0.387 e. The summed E-state index contributed by atoms with van der Waals surface area (Å²) in [6, 6.07) is 14.6. The molecule has 0 saturated heterocycles. The van der Waals surface area contributed by atoms with E-state index in [1.807, 2.05) is 31.2 Å². The molecule has 0 radical (unpaired) electrons. The Kier molecular flexibility index (Phi) is 4.42. The molecule has 106 valence electrons. The first-order valence-corrected chi connectivity index (χ1v) is 7.83. The van der Waals surface area contributed by atoms with E-state index in [0.29, 0.717) is 5.69 Å². The van der Waals surface area contributed by atoms with Crippen LogP contribution in [0.2, 0.25) is 0 Å². The number of anilines is 1. The monoisotopic (exact) mass is 290 g/mol. The van der Waals surface area contributed by atoms with Gasteiger partial charge in [0.2, 0.25) is 10.0 Å². The Bertz CT molecular complexity index is 697. The molecule has 0 aliphatic rings. The number of hydrogen-bond donors (Lipinski definition) is 2. The van der Waals surface area contributed by atoms with Crippen LogP contribution in [-0.2, 0) is 16.6 Å². The standard InChI is InChI=1S/C15H18N2O2S/c1-12-6-5-7-13(10-12)11-17-20(18,19)15-9-4-3-8-14(15)16-2/h3-10,16-17H,11H2,1-2H3. The number of rotatable bonds is 5. The lowest BCUT2D eigenvalue weighted by atomic mass is 10.1. The van der Waals surface area contributed by atoms with Gasteiger partial charge in [-0.1, -0.05) is 42.0 Å². The number of aryl methyl sites for hydroxylation is 1. The Morgan fingerprint density at radius 2 is 1.80 bits per heavy atom. The second-order valence-corrected chi connectivity index (χ2v) is 6.30. The summed E-state index contributed by atoms with van der Waals surface area (Å²) in [5.74, 6) is 0. The second kappa shape index (κ2) is 6.07. The average Bonchev–Trinajstić information content (AvgIpc) is 2.45. The molecule has 0 aromatic heterocycles. The minimum absolute atomic E-state index is 0.259. The van der Waals surface area contributed by atoms with Gasteiger partial charge < -0.3 is 5.32 Å². The number of para-hydroxylation sites is 1. The third kappa shape index (κ3) is 3.37. The lowest BCUT2D eigenvalue weighted by Crippen LogP contribution is -2.24. The minimum atomic E-state index is -3.53. The summed E-state index contributed by atoms with van der Waals surface area (Å²) >= 11 is 0. The normalized spacial score (nSPS) is 11.3. The van der Waals surface area contributed by atoms with Crippen LogP contribution in [0.5, 0.6) is 0 Å². The van der Waals surface area contributed by atoms with Crippen molar-refractivity contribution in [1.82, 2.24) is 4.72 Å². The largest absolute Gasteiger partial charge is 0.387 e. The SMILES string of the molecule is CNc1ccccc1S(=O)(=O)NCc1cccc(C)c1. The van der Waals surface area contributed by atoms with Crippen LogP contribution in [0.1, 0.15) is 11.1 Å². The van der Waals surface area contributed by atoms with Crippen molar-refractivity contribution in [2.24, 2.45) is 0 Å². The molecule has 0 aliphatic carbocycles. The van der Waals surface area contributed by atoms with E-state index in [4.69, 9.17) is 0 Å². The molecule has 0 fully saturated rings. The van der Waals surface area contributed by atoms with E-state index in [1.54, 1.807) is 31.3 Å². The molecule has 2 aromatic carbocycles. The highest BCUT2D eigenvalue weighted by Gasteiger charge is 2.17. The molecular formula is C15H18N2O2S. The van der Waals surface area contributed by atoms with Crippen molar-refractivity contribution < 1.29 is 8.42 Å². The van der Waals surface area contributed by atoms with Crippen molar-refractivity contribution in [2.75, 3.05) is 12.4 Å². The maximum atomic E-state index is 12.3. The number of benzene rings is 2. The van der Waals surface area contributed by atoms with Gasteiger partial charge in [-0.3, -0.25) is 0 Å². The molecule has 5 heteroatoms. The van der Waals surface area contributed by atoms with Crippen molar-refractivity contribution in [1.29, 1.82) is 0 Å². The highest BCUT2D eigenvalue weighted by molar-refractivity contribution is 7.89. The van der Waals surface area contributed by atoms with Crippen molar-refractivity contribution in [3.05, 3.63) is 59.7 Å². The maximum absolute atomic E-state index is 12.3. The van der Waals surface area contributed by atoms with Crippen LogP contribution in [0.25, 0.3) is 0 Å². The van der Waals surface area contributed by atoms with Gasteiger partial charge in [-0.05, 0) is 24.6 Å². The molecule has 0 atom stereocenters. The topological polar surface area (TPSA) is 58.2 Å². The molecule has 0 saturated carbocycles. The van der Waals surface area contributed by atoms with E-state index in [2.05, 4.69) is 10.0 Å². The molecule has 0 amide bonds. The number of nitrogens with one attached hydrogen (secondary N) is 2. The Labute approximate surface area is 119 Å². The van der Waals surface area contributed by atoms with E-state index >= 15 is 0 Å². The van der Waals surface area contributed by atoms with Gasteiger partial charge in [0.25, 0.3) is 0 Å². The van der Waals surface area contributed by atoms with Crippen LogP contribution >= 0.6 is 0 Å². The fraction of sp³-hybridized carbons (Fsp3) is 0.200. The number of sulfonamides is 1. The first-order valence-electron chi connectivity index (χ1n) is 6.35. The van der Waals surface area contributed by atoms with Gasteiger partial charge in [0.1, 0.15) is 4.90 Å². The predicted octanol–water partition coefficient (Wildman–Crippen LogP) is 2.52. The molecule has 0 heterocycles. The van der Waals surface area contributed by atoms with E-state index in [0.717, 1.165) is 11.1 Å². The van der Waals surface area contributed by atoms with Crippen LogP contribution in [0.4, 0.5) is 5.69 Å². The van der Waals surface area contributed by atoms with Crippen molar-refractivity contribution in [2.45, 2.75) is 18.4 Å². The highest BCUT2D eigenvalue weighted by Crippen LogP contribution is 2.20. The fourth-order valence-corrected chi connectivity index (χ4v) is 3.22. The predicted molar refractivity (Wildman–Crippen MR) is 81.2 cm³/mol. The second-order valence-electron chi connectivity index (χ2n) is 4.56. The smallest absolute Gasteiger partial charge is 0.242 e. The Morgan fingerprint density at radius 1 is 1.05 bits per heavy atom. The van der Waals surface area contributed by atoms with Gasteiger partial charge >= 0.3 is 0 Å². The summed E-state index contributed by atoms with van der Waals surface area (Å²) in [7, 11) is -1.82. The summed E-state index contributed by atoms with van der Waals surface area (Å²) in [6.45, 7) is 2.26. The van der Waals surface area contributed by atoms with E-state index in [1.165, 1.54) is 0 Å². The lowest BCUT2D eigenvalue weighted by Gasteiger charge is -2.11. The first-order chi connectivity index (χ1) is 9.53. The molecule has 20 heavy (non-hydrogen) atoms. The summed E-state index contributed by atoms with van der Waals surface area (Å²) < 4.78 is 27.3. The first kappa shape index (κ1) is 14.6.